The maximum absolute atomic E-state index is 12.0. The number of aromatic nitrogens is 1. The van der Waals surface area contributed by atoms with E-state index in [4.69, 9.17) is 0 Å². The molecule has 0 aliphatic carbocycles. The molecular weight excluding hydrogens is 316 g/mol. The lowest BCUT2D eigenvalue weighted by atomic mass is 9.88. The van der Waals surface area contributed by atoms with Crippen LogP contribution in [0, 0.1) is 5.92 Å². The fraction of sp³-hybridized carbons (Fsp3) is 0.467. The van der Waals surface area contributed by atoms with E-state index in [1.165, 1.54) is 22.6 Å². The van der Waals surface area contributed by atoms with Crippen LogP contribution in [0.1, 0.15) is 23.8 Å². The molecule has 5 nitrogen and oxygen atoms in total. The maximum atomic E-state index is 12.0. The minimum absolute atomic E-state index is 0.173. The first kappa shape index (κ1) is 15.5. The molecule has 0 aromatic carbocycles. The second kappa shape index (κ2) is 7.21. The van der Waals surface area contributed by atoms with Crippen LogP contribution in [-0.4, -0.2) is 36.1 Å². The van der Waals surface area contributed by atoms with E-state index in [9.17, 15) is 4.79 Å². The van der Waals surface area contributed by atoms with Gasteiger partial charge in [-0.15, -0.1) is 22.7 Å². The van der Waals surface area contributed by atoms with Crippen LogP contribution in [0.4, 0.5) is 9.93 Å². The molecule has 2 N–H and O–H groups in total. The third-order valence-corrected chi connectivity index (χ3v) is 5.65. The molecule has 2 amide bonds. The van der Waals surface area contributed by atoms with Gasteiger partial charge in [-0.2, -0.15) is 0 Å². The molecule has 0 saturated carbocycles. The lowest BCUT2D eigenvalue weighted by molar-refractivity contribution is 0.123. The third kappa shape index (κ3) is 3.66. The Hall–Kier alpha value is -1.44. The van der Waals surface area contributed by atoms with Crippen molar-refractivity contribution in [1.82, 2.24) is 15.2 Å². The van der Waals surface area contributed by atoms with Crippen molar-refractivity contribution in [2.24, 2.45) is 5.92 Å². The van der Waals surface area contributed by atoms with Gasteiger partial charge in [0.1, 0.15) is 0 Å². The highest BCUT2D eigenvalue weighted by molar-refractivity contribution is 7.13. The standard InChI is InChI=1S/C15H20N4OS2/c1-19-7-2-4-11(13(19)12-5-3-8-21-12)10-17-14(20)18-15-16-6-9-22-15/h3,5-6,8-9,11,13H,2,4,7,10H2,1H3,(H2,16,17,18,20)/t11-,13-/m1/s1. The van der Waals surface area contributed by atoms with Gasteiger partial charge in [0.25, 0.3) is 0 Å². The zero-order valence-electron chi connectivity index (χ0n) is 12.5. The molecule has 118 valence electrons. The van der Waals surface area contributed by atoms with Gasteiger partial charge in [-0.05, 0) is 43.8 Å². The number of rotatable bonds is 4. The number of nitrogens with zero attached hydrogens (tertiary/aromatic N) is 2. The van der Waals surface area contributed by atoms with Crippen LogP contribution in [0.15, 0.2) is 29.1 Å². The monoisotopic (exact) mass is 336 g/mol. The van der Waals surface area contributed by atoms with Crippen LogP contribution in [0.25, 0.3) is 0 Å². The van der Waals surface area contributed by atoms with Crippen LogP contribution >= 0.6 is 22.7 Å². The highest BCUT2D eigenvalue weighted by Gasteiger charge is 2.31. The summed E-state index contributed by atoms with van der Waals surface area (Å²) in [6.45, 7) is 1.80. The number of amides is 2. The molecule has 1 fully saturated rings. The van der Waals surface area contributed by atoms with Crippen LogP contribution in [0.3, 0.4) is 0 Å². The summed E-state index contributed by atoms with van der Waals surface area (Å²) in [6, 6.07) is 4.52. The average Bonchev–Trinajstić information content (AvgIpc) is 3.18. The summed E-state index contributed by atoms with van der Waals surface area (Å²) < 4.78 is 0. The molecular formula is C15H20N4OS2. The molecule has 0 spiro atoms. The average molecular weight is 336 g/mol. The number of anilines is 1. The van der Waals surface area contributed by atoms with E-state index in [1.807, 2.05) is 5.38 Å². The SMILES string of the molecule is CN1CCC[C@H](CNC(=O)Nc2nccs2)[C@@H]1c1cccs1. The number of piperidine rings is 1. The van der Waals surface area contributed by atoms with E-state index in [0.29, 0.717) is 23.6 Å². The minimum atomic E-state index is -0.173. The Morgan fingerprint density at radius 3 is 3.09 bits per heavy atom. The molecule has 2 aromatic heterocycles. The Balaban J connectivity index is 1.58. The van der Waals surface area contributed by atoms with Gasteiger partial charge in [-0.25, -0.2) is 9.78 Å². The molecule has 0 radical (unpaired) electrons. The summed E-state index contributed by atoms with van der Waals surface area (Å²) in [6.07, 6.45) is 4.01. The highest BCUT2D eigenvalue weighted by atomic mass is 32.1. The van der Waals surface area contributed by atoms with Crippen molar-refractivity contribution in [1.29, 1.82) is 0 Å². The van der Waals surface area contributed by atoms with Gasteiger partial charge < -0.3 is 5.32 Å². The normalized spacial score (nSPS) is 22.4. The summed E-state index contributed by atoms with van der Waals surface area (Å²) in [5.74, 6) is 0.444. The van der Waals surface area contributed by atoms with Crippen molar-refractivity contribution in [3.8, 4) is 0 Å². The molecule has 3 heterocycles. The largest absolute Gasteiger partial charge is 0.337 e. The van der Waals surface area contributed by atoms with Crippen molar-refractivity contribution in [2.45, 2.75) is 18.9 Å². The van der Waals surface area contributed by atoms with Crippen LogP contribution in [0.2, 0.25) is 0 Å². The van der Waals surface area contributed by atoms with E-state index in [2.05, 4.69) is 45.1 Å². The zero-order chi connectivity index (χ0) is 15.4. The van der Waals surface area contributed by atoms with Gasteiger partial charge in [-0.1, -0.05) is 6.07 Å². The van der Waals surface area contributed by atoms with Gasteiger partial charge in [0, 0.05) is 29.0 Å². The van der Waals surface area contributed by atoms with Gasteiger partial charge in [0.2, 0.25) is 0 Å². The Morgan fingerprint density at radius 1 is 1.45 bits per heavy atom. The van der Waals surface area contributed by atoms with Crippen LogP contribution < -0.4 is 10.6 Å². The van der Waals surface area contributed by atoms with E-state index in [-0.39, 0.29) is 6.03 Å². The number of hydrogen-bond donors (Lipinski definition) is 2. The number of carbonyl (C=O) groups excluding carboxylic acids is 1. The zero-order valence-corrected chi connectivity index (χ0v) is 14.1. The van der Waals surface area contributed by atoms with E-state index < -0.39 is 0 Å². The minimum Gasteiger partial charge on any atom is -0.337 e. The maximum Gasteiger partial charge on any atom is 0.321 e. The van der Waals surface area contributed by atoms with Crippen molar-refractivity contribution in [2.75, 3.05) is 25.5 Å². The smallest absolute Gasteiger partial charge is 0.321 e. The first-order valence-corrected chi connectivity index (χ1v) is 9.18. The number of thiophene rings is 1. The van der Waals surface area contributed by atoms with E-state index in [0.717, 1.165) is 13.0 Å². The topological polar surface area (TPSA) is 57.3 Å². The number of hydrogen-bond acceptors (Lipinski definition) is 5. The molecule has 3 rings (SSSR count). The van der Waals surface area contributed by atoms with E-state index in [1.54, 1.807) is 17.5 Å². The molecule has 1 aliphatic heterocycles. The summed E-state index contributed by atoms with van der Waals surface area (Å²) in [5, 5.41) is 10.4. The summed E-state index contributed by atoms with van der Waals surface area (Å²) in [5.41, 5.74) is 0. The number of nitrogens with one attached hydrogen (secondary N) is 2. The number of carbonyl (C=O) groups is 1. The summed E-state index contributed by atoms with van der Waals surface area (Å²) in [7, 11) is 2.17. The van der Waals surface area contributed by atoms with E-state index >= 15 is 0 Å². The van der Waals surface area contributed by atoms with Crippen LogP contribution in [-0.2, 0) is 0 Å². The van der Waals surface area contributed by atoms with Gasteiger partial charge in [0.15, 0.2) is 5.13 Å². The number of urea groups is 1. The quantitative estimate of drug-likeness (QED) is 0.899. The second-order valence-electron chi connectivity index (χ2n) is 5.52. The van der Waals surface area contributed by atoms with Crippen molar-refractivity contribution in [3.05, 3.63) is 34.0 Å². The fourth-order valence-corrected chi connectivity index (χ4v) is 4.54. The fourth-order valence-electron chi connectivity index (χ4n) is 3.03. The summed E-state index contributed by atoms with van der Waals surface area (Å²) >= 11 is 3.22. The Kier molecular flexibility index (Phi) is 5.07. The molecule has 1 saturated heterocycles. The first-order chi connectivity index (χ1) is 10.7. The van der Waals surface area contributed by atoms with Crippen molar-refractivity contribution >= 4 is 33.8 Å². The van der Waals surface area contributed by atoms with Crippen LogP contribution in [0.5, 0.6) is 0 Å². The molecule has 1 aliphatic rings. The molecule has 0 unspecified atom stereocenters. The second-order valence-corrected chi connectivity index (χ2v) is 7.39. The number of likely N-dealkylation sites (tertiary alicyclic amines) is 1. The highest BCUT2D eigenvalue weighted by Crippen LogP contribution is 2.36. The van der Waals surface area contributed by atoms with Crippen molar-refractivity contribution in [3.63, 3.8) is 0 Å². The van der Waals surface area contributed by atoms with Gasteiger partial charge in [0.05, 0.1) is 0 Å². The molecule has 7 heteroatoms. The molecule has 22 heavy (non-hydrogen) atoms. The first-order valence-electron chi connectivity index (χ1n) is 7.42. The lowest BCUT2D eigenvalue weighted by Crippen LogP contribution is -2.42. The lowest BCUT2D eigenvalue weighted by Gasteiger charge is -2.38. The Bertz CT molecular complexity index is 585. The Labute approximate surface area is 138 Å². The molecule has 2 atom stereocenters. The van der Waals surface area contributed by atoms with Crippen molar-refractivity contribution < 1.29 is 4.79 Å². The van der Waals surface area contributed by atoms with Gasteiger partial charge in [-0.3, -0.25) is 10.2 Å². The molecule has 0 bridgehead atoms. The Morgan fingerprint density at radius 2 is 2.36 bits per heavy atom. The predicted molar refractivity (Wildman–Crippen MR) is 91.5 cm³/mol. The summed E-state index contributed by atoms with van der Waals surface area (Å²) in [4.78, 5) is 19.8. The molecule has 2 aromatic rings. The van der Waals surface area contributed by atoms with Gasteiger partial charge >= 0.3 is 6.03 Å². The third-order valence-electron chi connectivity index (χ3n) is 4.02. The predicted octanol–water partition coefficient (Wildman–Crippen LogP) is 3.41. The number of thiazole rings is 1.